The molecule has 0 radical (unpaired) electrons. The van der Waals surface area contributed by atoms with Crippen LogP contribution in [0.15, 0.2) is 36.0 Å². The SMILES string of the molecule is CC(=O)Nc1ccc(NC(=O)/C(C#N)=C\NC(C)(C)CO)cc1. The van der Waals surface area contributed by atoms with Crippen LogP contribution in [-0.4, -0.2) is 29.1 Å². The fourth-order valence-corrected chi connectivity index (χ4v) is 1.50. The second-order valence-corrected chi connectivity index (χ2v) is 5.57. The second-order valence-electron chi connectivity index (χ2n) is 5.57. The predicted octanol–water partition coefficient (Wildman–Crippen LogP) is 1.35. The Kier molecular flexibility index (Phi) is 6.30. The largest absolute Gasteiger partial charge is 0.394 e. The number of hydrogen-bond donors (Lipinski definition) is 4. The lowest BCUT2D eigenvalue weighted by Crippen LogP contribution is -2.39. The van der Waals surface area contributed by atoms with Gasteiger partial charge in [-0.3, -0.25) is 9.59 Å². The molecule has 0 unspecified atom stereocenters. The van der Waals surface area contributed by atoms with Crippen LogP contribution in [0.3, 0.4) is 0 Å². The number of nitrogens with one attached hydrogen (secondary N) is 3. The Bertz CT molecular complexity index is 642. The highest BCUT2D eigenvalue weighted by molar-refractivity contribution is 6.06. The number of anilines is 2. The second kappa shape index (κ2) is 7.96. The molecule has 122 valence electrons. The minimum Gasteiger partial charge on any atom is -0.394 e. The van der Waals surface area contributed by atoms with Gasteiger partial charge in [-0.15, -0.1) is 0 Å². The van der Waals surface area contributed by atoms with Gasteiger partial charge >= 0.3 is 0 Å². The van der Waals surface area contributed by atoms with Crippen molar-refractivity contribution in [3.05, 3.63) is 36.0 Å². The summed E-state index contributed by atoms with van der Waals surface area (Å²) in [5, 5.41) is 26.2. The van der Waals surface area contributed by atoms with Gasteiger partial charge < -0.3 is 21.1 Å². The first-order valence-electron chi connectivity index (χ1n) is 6.95. The number of rotatable bonds is 6. The standard InChI is InChI=1S/C16H20N4O3/c1-11(22)19-13-4-6-14(7-5-13)20-15(23)12(8-17)9-18-16(2,3)10-21/h4-7,9,18,21H,10H2,1-3H3,(H,19,22)(H,20,23)/b12-9-. The van der Waals surface area contributed by atoms with Gasteiger partial charge in [0.05, 0.1) is 12.1 Å². The molecule has 0 aliphatic rings. The van der Waals surface area contributed by atoms with Crippen molar-refractivity contribution in [1.82, 2.24) is 5.32 Å². The van der Waals surface area contributed by atoms with Crippen molar-refractivity contribution in [3.8, 4) is 6.07 Å². The number of nitriles is 1. The quantitative estimate of drug-likeness (QED) is 0.467. The van der Waals surface area contributed by atoms with Crippen molar-refractivity contribution in [2.75, 3.05) is 17.2 Å². The van der Waals surface area contributed by atoms with E-state index in [1.165, 1.54) is 13.1 Å². The highest BCUT2D eigenvalue weighted by Gasteiger charge is 2.16. The van der Waals surface area contributed by atoms with Crippen LogP contribution >= 0.6 is 0 Å². The van der Waals surface area contributed by atoms with E-state index in [4.69, 9.17) is 10.4 Å². The van der Waals surface area contributed by atoms with Gasteiger partial charge in [0.15, 0.2) is 0 Å². The lowest BCUT2D eigenvalue weighted by Gasteiger charge is -2.22. The Morgan fingerprint density at radius 3 is 2.17 bits per heavy atom. The van der Waals surface area contributed by atoms with Crippen LogP contribution in [0.4, 0.5) is 11.4 Å². The molecule has 2 amide bonds. The van der Waals surface area contributed by atoms with Crippen LogP contribution in [0.5, 0.6) is 0 Å². The number of carbonyl (C=O) groups is 2. The first kappa shape index (κ1) is 18.2. The van der Waals surface area contributed by atoms with Gasteiger partial charge in [0.25, 0.3) is 5.91 Å². The van der Waals surface area contributed by atoms with E-state index in [1.807, 2.05) is 0 Å². The van der Waals surface area contributed by atoms with Crippen LogP contribution in [-0.2, 0) is 9.59 Å². The molecule has 0 aliphatic heterocycles. The molecule has 0 fully saturated rings. The van der Waals surface area contributed by atoms with Crippen LogP contribution in [0, 0.1) is 11.3 Å². The Labute approximate surface area is 135 Å². The number of nitrogens with zero attached hydrogens (tertiary/aromatic N) is 1. The first-order chi connectivity index (χ1) is 10.8. The van der Waals surface area contributed by atoms with E-state index in [0.717, 1.165) is 0 Å². The van der Waals surface area contributed by atoms with Gasteiger partial charge in [-0.1, -0.05) is 0 Å². The predicted molar refractivity (Wildman–Crippen MR) is 87.4 cm³/mol. The van der Waals surface area contributed by atoms with Crippen LogP contribution in [0.25, 0.3) is 0 Å². The van der Waals surface area contributed by atoms with E-state index in [2.05, 4.69) is 16.0 Å². The van der Waals surface area contributed by atoms with E-state index in [1.54, 1.807) is 44.2 Å². The summed E-state index contributed by atoms with van der Waals surface area (Å²) in [6.07, 6.45) is 1.28. The zero-order chi connectivity index (χ0) is 17.5. The highest BCUT2D eigenvalue weighted by atomic mass is 16.3. The minimum atomic E-state index is -0.637. The monoisotopic (exact) mass is 316 g/mol. The van der Waals surface area contributed by atoms with Gasteiger partial charge in [0, 0.05) is 24.5 Å². The molecule has 7 nitrogen and oxygen atoms in total. The van der Waals surface area contributed by atoms with Gasteiger partial charge in [-0.25, -0.2) is 0 Å². The zero-order valence-corrected chi connectivity index (χ0v) is 13.3. The summed E-state index contributed by atoms with van der Waals surface area (Å²) in [5.41, 5.74) is 0.351. The van der Waals surface area contributed by atoms with E-state index in [-0.39, 0.29) is 18.1 Å². The van der Waals surface area contributed by atoms with Gasteiger partial charge in [0.1, 0.15) is 11.6 Å². The van der Waals surface area contributed by atoms with Gasteiger partial charge in [-0.2, -0.15) is 5.26 Å². The molecule has 0 heterocycles. The molecule has 1 aromatic rings. The molecule has 0 aliphatic carbocycles. The lowest BCUT2D eigenvalue weighted by molar-refractivity contribution is -0.114. The molecule has 0 atom stereocenters. The summed E-state index contributed by atoms with van der Waals surface area (Å²) in [6.45, 7) is 4.73. The van der Waals surface area contributed by atoms with Crippen molar-refractivity contribution in [2.24, 2.45) is 0 Å². The van der Waals surface area contributed by atoms with Crippen molar-refractivity contribution in [2.45, 2.75) is 26.3 Å². The summed E-state index contributed by atoms with van der Waals surface area (Å²) in [5.74, 6) is -0.755. The van der Waals surface area contributed by atoms with Crippen LogP contribution < -0.4 is 16.0 Å². The van der Waals surface area contributed by atoms with E-state index < -0.39 is 11.4 Å². The topological polar surface area (TPSA) is 114 Å². The summed E-state index contributed by atoms with van der Waals surface area (Å²) in [4.78, 5) is 23.0. The van der Waals surface area contributed by atoms with Gasteiger partial charge in [0.2, 0.25) is 5.91 Å². The third kappa shape index (κ3) is 6.20. The molecule has 0 saturated heterocycles. The fourth-order valence-electron chi connectivity index (χ4n) is 1.50. The Morgan fingerprint density at radius 1 is 1.22 bits per heavy atom. The fraction of sp³-hybridized carbons (Fsp3) is 0.312. The maximum atomic E-state index is 12.0. The van der Waals surface area contributed by atoms with E-state index in [9.17, 15) is 9.59 Å². The summed E-state index contributed by atoms with van der Waals surface area (Å²) in [6, 6.07) is 8.31. The molecule has 1 aromatic carbocycles. The van der Waals surface area contributed by atoms with Crippen LogP contribution in [0.2, 0.25) is 0 Å². The lowest BCUT2D eigenvalue weighted by atomic mass is 10.1. The van der Waals surface area contributed by atoms with Crippen molar-refractivity contribution < 1.29 is 14.7 Å². The van der Waals surface area contributed by atoms with Gasteiger partial charge in [-0.05, 0) is 38.1 Å². The van der Waals surface area contributed by atoms with Crippen molar-refractivity contribution in [1.29, 1.82) is 5.26 Å². The summed E-state index contributed by atoms with van der Waals surface area (Å²) >= 11 is 0. The third-order valence-electron chi connectivity index (χ3n) is 2.83. The van der Waals surface area contributed by atoms with E-state index in [0.29, 0.717) is 11.4 Å². The number of carbonyl (C=O) groups excluding carboxylic acids is 2. The Hall–Kier alpha value is -2.85. The van der Waals surface area contributed by atoms with E-state index >= 15 is 0 Å². The number of aliphatic hydroxyl groups is 1. The number of amides is 2. The van der Waals surface area contributed by atoms with Crippen molar-refractivity contribution >= 4 is 23.2 Å². The molecule has 4 N–H and O–H groups in total. The zero-order valence-electron chi connectivity index (χ0n) is 13.3. The maximum absolute atomic E-state index is 12.0. The molecule has 1 rings (SSSR count). The summed E-state index contributed by atoms with van der Waals surface area (Å²) in [7, 11) is 0. The molecular weight excluding hydrogens is 296 g/mol. The normalized spacial score (nSPS) is 11.3. The Morgan fingerprint density at radius 2 is 1.74 bits per heavy atom. The van der Waals surface area contributed by atoms with Crippen molar-refractivity contribution in [3.63, 3.8) is 0 Å². The molecule has 7 heteroatoms. The minimum absolute atomic E-state index is 0.113. The highest BCUT2D eigenvalue weighted by Crippen LogP contribution is 2.14. The molecule has 23 heavy (non-hydrogen) atoms. The smallest absolute Gasteiger partial charge is 0.267 e. The third-order valence-corrected chi connectivity index (χ3v) is 2.83. The molecule has 0 aromatic heterocycles. The number of aliphatic hydroxyl groups excluding tert-OH is 1. The maximum Gasteiger partial charge on any atom is 0.267 e. The number of hydrogen-bond acceptors (Lipinski definition) is 5. The number of benzene rings is 1. The average molecular weight is 316 g/mol. The summed E-state index contributed by atoms with van der Waals surface area (Å²) < 4.78 is 0. The molecule has 0 bridgehead atoms. The molecule has 0 saturated carbocycles. The molecule has 0 spiro atoms. The first-order valence-corrected chi connectivity index (χ1v) is 6.95. The van der Waals surface area contributed by atoms with Crippen LogP contribution in [0.1, 0.15) is 20.8 Å². The molecular formula is C16H20N4O3. The average Bonchev–Trinajstić information content (AvgIpc) is 2.49. The Balaban J connectivity index is 2.75.